The van der Waals surface area contributed by atoms with Gasteiger partial charge in [-0.2, -0.15) is 5.26 Å². The van der Waals surface area contributed by atoms with Gasteiger partial charge >= 0.3 is 0 Å². The first-order valence-electron chi connectivity index (χ1n) is 4.59. The van der Waals surface area contributed by atoms with Crippen molar-refractivity contribution in [3.8, 4) is 6.07 Å². The van der Waals surface area contributed by atoms with E-state index in [1.54, 1.807) is 4.68 Å². The first-order chi connectivity index (χ1) is 6.72. The molecule has 0 N–H and O–H groups in total. The normalized spacial score (nSPS) is 10.4. The van der Waals surface area contributed by atoms with Gasteiger partial charge in [0.05, 0.1) is 13.2 Å². The van der Waals surface area contributed by atoms with Crippen molar-refractivity contribution in [3.05, 3.63) is 12.2 Å². The first-order valence-corrected chi connectivity index (χ1v) is 4.59. The highest BCUT2D eigenvalue weighted by molar-refractivity contribution is 5.05. The molecule has 1 rings (SSSR count). The van der Waals surface area contributed by atoms with Crippen LogP contribution in [0.2, 0.25) is 0 Å². The fourth-order valence-corrected chi connectivity index (χ4v) is 0.931. The van der Waals surface area contributed by atoms with Crippen LogP contribution in [0.5, 0.6) is 0 Å². The highest BCUT2D eigenvalue weighted by Gasteiger charge is 1.98. The lowest BCUT2D eigenvalue weighted by atomic mass is 10.2. The molecular weight excluding hydrogens is 180 g/mol. The predicted molar refractivity (Wildman–Crippen MR) is 50.4 cm³/mol. The van der Waals surface area contributed by atoms with Crippen LogP contribution < -0.4 is 0 Å². The van der Waals surface area contributed by atoms with E-state index in [0.29, 0.717) is 19.1 Å². The molecule has 0 aromatic carbocycles. The molecule has 14 heavy (non-hydrogen) atoms. The molecule has 5 heteroatoms. The monoisotopic (exact) mass is 194 g/mol. The van der Waals surface area contributed by atoms with Crippen LogP contribution in [-0.2, 0) is 11.3 Å². The lowest BCUT2D eigenvalue weighted by molar-refractivity contribution is 0.101. The molecule has 1 aromatic rings. The second-order valence-electron chi connectivity index (χ2n) is 3.41. The van der Waals surface area contributed by atoms with Crippen LogP contribution in [0.4, 0.5) is 0 Å². The summed E-state index contributed by atoms with van der Waals surface area (Å²) in [5, 5.41) is 12.4. The van der Waals surface area contributed by atoms with Crippen molar-refractivity contribution < 1.29 is 4.74 Å². The summed E-state index contributed by atoms with van der Waals surface area (Å²) in [5.74, 6) is 0.745. The topological polar surface area (TPSA) is 63.7 Å². The quantitative estimate of drug-likeness (QED) is 0.651. The van der Waals surface area contributed by atoms with E-state index in [-0.39, 0.29) is 5.82 Å². The number of nitriles is 1. The van der Waals surface area contributed by atoms with Gasteiger partial charge in [-0.1, -0.05) is 13.8 Å². The highest BCUT2D eigenvalue weighted by atomic mass is 16.5. The van der Waals surface area contributed by atoms with Crippen molar-refractivity contribution >= 4 is 0 Å². The summed E-state index contributed by atoms with van der Waals surface area (Å²) in [6.45, 7) is 6.19. The molecule has 0 aliphatic rings. The second-order valence-corrected chi connectivity index (χ2v) is 3.41. The summed E-state index contributed by atoms with van der Waals surface area (Å²) >= 11 is 0. The second kappa shape index (κ2) is 5.35. The highest BCUT2D eigenvalue weighted by Crippen LogP contribution is 1.93. The standard InChI is InChI=1S/C9H14N4O/c1-8(2)6-14-4-3-13-7-11-9(5-10)12-13/h7-8H,3-4,6H2,1-2H3. The van der Waals surface area contributed by atoms with Gasteiger partial charge in [0.1, 0.15) is 12.4 Å². The lowest BCUT2D eigenvalue weighted by Crippen LogP contribution is -2.09. The number of nitrogens with zero attached hydrogens (tertiary/aromatic N) is 4. The molecule has 0 atom stereocenters. The Morgan fingerprint density at radius 2 is 2.43 bits per heavy atom. The summed E-state index contributed by atoms with van der Waals surface area (Å²) < 4.78 is 6.98. The van der Waals surface area contributed by atoms with Crippen LogP contribution >= 0.6 is 0 Å². The van der Waals surface area contributed by atoms with Gasteiger partial charge in [-0.3, -0.25) is 0 Å². The van der Waals surface area contributed by atoms with Gasteiger partial charge in [0.15, 0.2) is 0 Å². The average molecular weight is 194 g/mol. The van der Waals surface area contributed by atoms with Crippen molar-refractivity contribution in [1.82, 2.24) is 14.8 Å². The van der Waals surface area contributed by atoms with Crippen LogP contribution in [0.3, 0.4) is 0 Å². The molecule has 0 fully saturated rings. The molecule has 0 spiro atoms. The van der Waals surface area contributed by atoms with E-state index in [1.807, 2.05) is 6.07 Å². The number of ether oxygens (including phenoxy) is 1. The fourth-order valence-electron chi connectivity index (χ4n) is 0.931. The Kier molecular flexibility index (Phi) is 4.08. The minimum atomic E-state index is 0.203. The molecule has 5 nitrogen and oxygen atoms in total. The zero-order chi connectivity index (χ0) is 10.4. The minimum Gasteiger partial charge on any atom is -0.379 e. The summed E-state index contributed by atoms with van der Waals surface area (Å²) in [7, 11) is 0. The van der Waals surface area contributed by atoms with Gasteiger partial charge < -0.3 is 4.74 Å². The zero-order valence-electron chi connectivity index (χ0n) is 8.47. The van der Waals surface area contributed by atoms with Gasteiger partial charge in [-0.25, -0.2) is 9.67 Å². The van der Waals surface area contributed by atoms with Crippen molar-refractivity contribution in [2.75, 3.05) is 13.2 Å². The summed E-state index contributed by atoms with van der Waals surface area (Å²) in [6, 6.07) is 1.87. The molecule has 0 amide bonds. The van der Waals surface area contributed by atoms with E-state index in [2.05, 4.69) is 23.9 Å². The van der Waals surface area contributed by atoms with Gasteiger partial charge in [-0.15, -0.1) is 5.10 Å². The van der Waals surface area contributed by atoms with E-state index in [1.165, 1.54) is 6.33 Å². The van der Waals surface area contributed by atoms with Crippen molar-refractivity contribution in [1.29, 1.82) is 5.26 Å². The van der Waals surface area contributed by atoms with E-state index in [4.69, 9.17) is 10.00 Å². The molecule has 0 aliphatic heterocycles. The summed E-state index contributed by atoms with van der Waals surface area (Å²) in [4.78, 5) is 3.78. The maximum Gasteiger partial charge on any atom is 0.252 e. The third-order valence-electron chi connectivity index (χ3n) is 1.55. The molecule has 1 heterocycles. The van der Waals surface area contributed by atoms with Crippen LogP contribution in [0.1, 0.15) is 19.7 Å². The molecule has 0 aliphatic carbocycles. The average Bonchev–Trinajstić information content (AvgIpc) is 2.60. The molecule has 0 unspecified atom stereocenters. The SMILES string of the molecule is CC(C)COCCn1cnc(C#N)n1. The largest absolute Gasteiger partial charge is 0.379 e. The van der Waals surface area contributed by atoms with E-state index in [0.717, 1.165) is 6.61 Å². The minimum absolute atomic E-state index is 0.203. The summed E-state index contributed by atoms with van der Waals surface area (Å²) in [5.41, 5.74) is 0. The molecule has 0 saturated carbocycles. The number of hydrogen-bond donors (Lipinski definition) is 0. The predicted octanol–water partition coefficient (Wildman–Crippen LogP) is 0.822. The number of hydrogen-bond acceptors (Lipinski definition) is 4. The summed E-state index contributed by atoms with van der Waals surface area (Å²) in [6.07, 6.45) is 1.54. The Hall–Kier alpha value is -1.41. The number of aromatic nitrogens is 3. The molecule has 76 valence electrons. The van der Waals surface area contributed by atoms with Crippen LogP contribution in [0, 0.1) is 17.2 Å². The van der Waals surface area contributed by atoms with E-state index < -0.39 is 0 Å². The molecule has 0 saturated heterocycles. The van der Waals surface area contributed by atoms with E-state index in [9.17, 15) is 0 Å². The molecule has 1 aromatic heterocycles. The maximum atomic E-state index is 8.48. The smallest absolute Gasteiger partial charge is 0.252 e. The Bertz CT molecular complexity index is 313. The van der Waals surface area contributed by atoms with Gasteiger partial charge in [0.25, 0.3) is 5.82 Å². The van der Waals surface area contributed by atoms with Gasteiger partial charge in [-0.05, 0) is 5.92 Å². The number of rotatable bonds is 5. The first kappa shape index (κ1) is 10.7. The molecule has 0 radical (unpaired) electrons. The molecular formula is C9H14N4O. The van der Waals surface area contributed by atoms with Crippen molar-refractivity contribution in [3.63, 3.8) is 0 Å². The van der Waals surface area contributed by atoms with E-state index >= 15 is 0 Å². The lowest BCUT2D eigenvalue weighted by Gasteiger charge is -2.05. The van der Waals surface area contributed by atoms with Gasteiger partial charge in [0.2, 0.25) is 0 Å². The van der Waals surface area contributed by atoms with Crippen molar-refractivity contribution in [2.45, 2.75) is 20.4 Å². The Balaban J connectivity index is 2.22. The van der Waals surface area contributed by atoms with Crippen molar-refractivity contribution in [2.24, 2.45) is 5.92 Å². The Morgan fingerprint density at radius 1 is 1.64 bits per heavy atom. The van der Waals surface area contributed by atoms with Gasteiger partial charge in [0, 0.05) is 6.61 Å². The maximum absolute atomic E-state index is 8.48. The Labute approximate surface area is 83.3 Å². The van der Waals surface area contributed by atoms with Crippen LogP contribution in [-0.4, -0.2) is 28.0 Å². The third-order valence-corrected chi connectivity index (χ3v) is 1.55. The molecule has 0 bridgehead atoms. The Morgan fingerprint density at radius 3 is 3.00 bits per heavy atom. The van der Waals surface area contributed by atoms with Crippen LogP contribution in [0.25, 0.3) is 0 Å². The zero-order valence-corrected chi connectivity index (χ0v) is 8.47. The van der Waals surface area contributed by atoms with Crippen LogP contribution in [0.15, 0.2) is 6.33 Å². The fraction of sp³-hybridized carbons (Fsp3) is 0.667. The third kappa shape index (κ3) is 3.54.